The highest BCUT2D eigenvalue weighted by Gasteiger charge is 2.11. The lowest BCUT2D eigenvalue weighted by Crippen LogP contribution is -2.28. The first-order valence-electron chi connectivity index (χ1n) is 6.20. The van der Waals surface area contributed by atoms with Gasteiger partial charge in [-0.2, -0.15) is 0 Å². The highest BCUT2D eigenvalue weighted by atomic mass is 32.1. The number of thiophene rings is 1. The minimum atomic E-state index is 0.193. The van der Waals surface area contributed by atoms with Crippen LogP contribution in [0.3, 0.4) is 0 Å². The molecule has 96 valence electrons. The van der Waals surface area contributed by atoms with E-state index >= 15 is 0 Å². The van der Waals surface area contributed by atoms with Crippen molar-refractivity contribution in [2.24, 2.45) is 5.84 Å². The Balaban J connectivity index is 1.91. The maximum atomic E-state index is 5.66. The van der Waals surface area contributed by atoms with E-state index in [0.29, 0.717) is 0 Å². The average Bonchev–Trinajstić information content (AvgIpc) is 2.89. The standard InChI is InChI=1S/C14H19N3S/c1-11-7-8-16-10-13(11)14(17-15)6-2-4-12-5-3-9-18-12/h3,5,7-10,14,17H,2,4,6,15H2,1H3. The highest BCUT2D eigenvalue weighted by Crippen LogP contribution is 2.22. The van der Waals surface area contributed by atoms with Crippen molar-refractivity contribution in [3.63, 3.8) is 0 Å². The van der Waals surface area contributed by atoms with Crippen LogP contribution < -0.4 is 11.3 Å². The number of hydrogen-bond acceptors (Lipinski definition) is 4. The lowest BCUT2D eigenvalue weighted by molar-refractivity contribution is 0.496. The Kier molecular flexibility index (Phi) is 4.87. The lowest BCUT2D eigenvalue weighted by atomic mass is 9.99. The Morgan fingerprint density at radius 2 is 2.33 bits per heavy atom. The summed E-state index contributed by atoms with van der Waals surface area (Å²) in [4.78, 5) is 5.62. The molecule has 1 atom stereocenters. The number of rotatable bonds is 6. The van der Waals surface area contributed by atoms with Gasteiger partial charge in [0.2, 0.25) is 0 Å². The van der Waals surface area contributed by atoms with Gasteiger partial charge in [-0.05, 0) is 54.8 Å². The fraction of sp³-hybridized carbons (Fsp3) is 0.357. The summed E-state index contributed by atoms with van der Waals surface area (Å²) in [5.41, 5.74) is 5.34. The summed E-state index contributed by atoms with van der Waals surface area (Å²) in [5.74, 6) is 5.66. The molecule has 2 aromatic rings. The van der Waals surface area contributed by atoms with E-state index in [1.54, 1.807) is 0 Å². The van der Waals surface area contributed by atoms with Gasteiger partial charge in [-0.15, -0.1) is 11.3 Å². The SMILES string of the molecule is Cc1ccncc1C(CCCc1cccs1)NN. The quantitative estimate of drug-likeness (QED) is 0.621. The highest BCUT2D eigenvalue weighted by molar-refractivity contribution is 7.09. The normalized spacial score (nSPS) is 12.6. The van der Waals surface area contributed by atoms with E-state index in [-0.39, 0.29) is 6.04 Å². The van der Waals surface area contributed by atoms with Crippen LogP contribution in [0.25, 0.3) is 0 Å². The van der Waals surface area contributed by atoms with Crippen LogP contribution in [-0.2, 0) is 6.42 Å². The van der Waals surface area contributed by atoms with E-state index in [0.717, 1.165) is 19.3 Å². The Morgan fingerprint density at radius 1 is 1.44 bits per heavy atom. The summed E-state index contributed by atoms with van der Waals surface area (Å²) in [6.07, 6.45) is 7.00. The van der Waals surface area contributed by atoms with Gasteiger partial charge in [-0.3, -0.25) is 16.3 Å². The Morgan fingerprint density at radius 3 is 3.00 bits per heavy atom. The average molecular weight is 261 g/mol. The predicted molar refractivity (Wildman–Crippen MR) is 76.3 cm³/mol. The molecule has 2 rings (SSSR count). The van der Waals surface area contributed by atoms with Crippen molar-refractivity contribution in [2.75, 3.05) is 0 Å². The third-order valence-corrected chi connectivity index (χ3v) is 4.09. The first kappa shape index (κ1) is 13.2. The molecule has 0 amide bonds. The van der Waals surface area contributed by atoms with Gasteiger partial charge < -0.3 is 0 Å². The molecule has 0 aliphatic rings. The smallest absolute Gasteiger partial charge is 0.0478 e. The molecule has 0 fully saturated rings. The second-order valence-electron chi connectivity index (χ2n) is 4.42. The molecule has 1 unspecified atom stereocenters. The third-order valence-electron chi connectivity index (χ3n) is 3.15. The molecule has 0 aliphatic carbocycles. The van der Waals surface area contributed by atoms with Crippen LogP contribution >= 0.6 is 11.3 Å². The van der Waals surface area contributed by atoms with Crippen molar-refractivity contribution in [1.29, 1.82) is 0 Å². The number of pyridine rings is 1. The number of nitrogens with one attached hydrogen (secondary N) is 1. The van der Waals surface area contributed by atoms with Crippen molar-refractivity contribution < 1.29 is 0 Å². The summed E-state index contributed by atoms with van der Waals surface area (Å²) < 4.78 is 0. The molecule has 0 radical (unpaired) electrons. The molecule has 0 bridgehead atoms. The minimum absolute atomic E-state index is 0.193. The zero-order valence-corrected chi connectivity index (χ0v) is 11.4. The fourth-order valence-corrected chi connectivity index (χ4v) is 2.86. The number of nitrogens with two attached hydrogens (primary N) is 1. The van der Waals surface area contributed by atoms with Crippen LogP contribution in [0, 0.1) is 6.92 Å². The molecule has 0 saturated carbocycles. The molecule has 2 heterocycles. The van der Waals surface area contributed by atoms with Gasteiger partial charge in [0.05, 0.1) is 0 Å². The second-order valence-corrected chi connectivity index (χ2v) is 5.46. The molecular weight excluding hydrogens is 242 g/mol. The summed E-state index contributed by atoms with van der Waals surface area (Å²) in [7, 11) is 0. The van der Waals surface area contributed by atoms with E-state index in [4.69, 9.17) is 5.84 Å². The van der Waals surface area contributed by atoms with Crippen LogP contribution in [0.2, 0.25) is 0 Å². The first-order valence-corrected chi connectivity index (χ1v) is 7.08. The summed E-state index contributed by atoms with van der Waals surface area (Å²) >= 11 is 1.82. The van der Waals surface area contributed by atoms with Crippen LogP contribution in [0.15, 0.2) is 36.0 Å². The topological polar surface area (TPSA) is 50.9 Å². The second kappa shape index (κ2) is 6.64. The number of nitrogens with zero attached hydrogens (tertiary/aromatic N) is 1. The molecule has 0 aromatic carbocycles. The third kappa shape index (κ3) is 3.38. The summed E-state index contributed by atoms with van der Waals surface area (Å²) in [6, 6.07) is 6.51. The van der Waals surface area contributed by atoms with Crippen LogP contribution in [0.4, 0.5) is 0 Å². The zero-order chi connectivity index (χ0) is 12.8. The maximum absolute atomic E-state index is 5.66. The van der Waals surface area contributed by atoms with Gasteiger partial charge in [-0.25, -0.2) is 0 Å². The van der Waals surface area contributed by atoms with Gasteiger partial charge >= 0.3 is 0 Å². The number of hydrazine groups is 1. The molecule has 2 aromatic heterocycles. The van der Waals surface area contributed by atoms with Crippen LogP contribution in [0.5, 0.6) is 0 Å². The van der Waals surface area contributed by atoms with Gasteiger partial charge in [0, 0.05) is 23.3 Å². The largest absolute Gasteiger partial charge is 0.271 e. The predicted octanol–water partition coefficient (Wildman–Crippen LogP) is 2.98. The molecule has 4 heteroatoms. The number of hydrogen-bond donors (Lipinski definition) is 2. The van der Waals surface area contributed by atoms with Crippen LogP contribution in [0.1, 0.15) is 34.9 Å². The lowest BCUT2D eigenvalue weighted by Gasteiger charge is -2.17. The van der Waals surface area contributed by atoms with Crippen molar-refractivity contribution in [3.8, 4) is 0 Å². The minimum Gasteiger partial charge on any atom is -0.271 e. The molecule has 0 spiro atoms. The molecule has 18 heavy (non-hydrogen) atoms. The van der Waals surface area contributed by atoms with Gasteiger partial charge in [-0.1, -0.05) is 6.07 Å². The Labute approximate surface area is 112 Å². The van der Waals surface area contributed by atoms with Crippen LogP contribution in [-0.4, -0.2) is 4.98 Å². The molecule has 0 saturated heterocycles. The van der Waals surface area contributed by atoms with Gasteiger partial charge in [0.15, 0.2) is 0 Å². The van der Waals surface area contributed by atoms with Crippen molar-refractivity contribution >= 4 is 11.3 Å². The van der Waals surface area contributed by atoms with E-state index in [9.17, 15) is 0 Å². The van der Waals surface area contributed by atoms with Crippen molar-refractivity contribution in [2.45, 2.75) is 32.2 Å². The molecule has 0 aliphatic heterocycles. The van der Waals surface area contributed by atoms with Gasteiger partial charge in [0.1, 0.15) is 0 Å². The van der Waals surface area contributed by atoms with E-state index in [1.807, 2.05) is 29.8 Å². The maximum Gasteiger partial charge on any atom is 0.0478 e. The Bertz CT molecular complexity index is 468. The number of aromatic nitrogens is 1. The summed E-state index contributed by atoms with van der Waals surface area (Å²) in [6.45, 7) is 2.10. The molecular formula is C14H19N3S. The molecule has 3 nitrogen and oxygen atoms in total. The summed E-state index contributed by atoms with van der Waals surface area (Å²) in [5, 5.41) is 2.12. The zero-order valence-electron chi connectivity index (χ0n) is 10.6. The van der Waals surface area contributed by atoms with E-state index in [1.165, 1.54) is 16.0 Å². The van der Waals surface area contributed by atoms with Crippen molar-refractivity contribution in [3.05, 3.63) is 52.0 Å². The Hall–Kier alpha value is -1.23. The fourth-order valence-electron chi connectivity index (χ4n) is 2.10. The van der Waals surface area contributed by atoms with Crippen molar-refractivity contribution in [1.82, 2.24) is 10.4 Å². The molecule has 3 N–H and O–H groups in total. The van der Waals surface area contributed by atoms with E-state index in [2.05, 4.69) is 34.8 Å². The first-order chi connectivity index (χ1) is 8.81. The monoisotopic (exact) mass is 261 g/mol. The number of aryl methyl sites for hydroxylation is 2. The van der Waals surface area contributed by atoms with E-state index < -0.39 is 0 Å². The van der Waals surface area contributed by atoms with Gasteiger partial charge in [0.25, 0.3) is 0 Å².